The summed E-state index contributed by atoms with van der Waals surface area (Å²) in [6, 6.07) is 27.9. The van der Waals surface area contributed by atoms with Crippen molar-refractivity contribution in [2.24, 2.45) is 0 Å². The van der Waals surface area contributed by atoms with Gasteiger partial charge in [0.15, 0.2) is 8.07 Å². The molecule has 0 saturated carbocycles. The van der Waals surface area contributed by atoms with E-state index in [1.54, 1.807) is 56.2 Å². The zero-order chi connectivity index (χ0) is 92.7. The SMILES string of the molecule is [2H]c1cc([Si](c2c([2H])c([2H])c([2H])c([2H])c2[2H])(c2c([2H])c([2H])c([2H])c([2H])c2[2H])c2c([2H])c([2H])c([2H])c(-c3cccc(-c4cc(C(C)(C)C)cc(C(C)(C)C)c4)c3-[n+]3[c-]n(-c4[c-]c(Oc5[c-]c6c(cc5)c5ccccc5n6-c5cc(C([2H])([2H])[2H])c(-c6c([2H])c([2H])c([2H])c([2H])c6[2H])cn5)ccc4)c4cc(-c5cc(C(C)(C)C)cc(C(C)(C)C)c5)ccc43)c2[2H])c([2H])c([2H])c1[2H].[Pt]. The fourth-order valence-electron chi connectivity index (χ4n) is 13.0. The number of hydrogen-bond acceptors (Lipinski definition) is 2. The zero-order valence-electron chi connectivity index (χ0n) is 84.4. The third-order valence-corrected chi connectivity index (χ3v) is 22.6. The molecule has 15 aromatic rings. The van der Waals surface area contributed by atoms with Gasteiger partial charge in [0.05, 0.1) is 48.2 Å². The number of benzene rings is 12. The Hall–Kier alpha value is -10.2. The second-order valence-corrected chi connectivity index (χ2v) is 32.9. The third-order valence-electron chi connectivity index (χ3n) is 18.5. The summed E-state index contributed by atoms with van der Waals surface area (Å²) >= 11 is 0. The van der Waals surface area contributed by atoms with Crippen LogP contribution in [0.3, 0.4) is 0 Å². The second kappa shape index (κ2) is 26.9. The maximum absolute atomic E-state index is 11.2. The number of ether oxygens (including phenoxy) is 1. The van der Waals surface area contributed by atoms with Crippen molar-refractivity contribution in [3.05, 3.63) is 331 Å². The first-order valence-corrected chi connectivity index (χ1v) is 35.3. The van der Waals surface area contributed by atoms with Crippen molar-refractivity contribution < 1.29 is 66.0 Å². The van der Waals surface area contributed by atoms with Gasteiger partial charge in [-0.3, -0.25) is 4.57 Å². The predicted octanol–water partition coefficient (Wildman–Crippen LogP) is 21.1. The van der Waals surface area contributed by atoms with Crippen LogP contribution in [0.2, 0.25) is 0 Å². The van der Waals surface area contributed by atoms with Gasteiger partial charge in [0, 0.05) is 54.0 Å². The Kier molecular flexibility index (Phi) is 11.7. The molecular formula is C95H86N4OPtSi-2. The van der Waals surface area contributed by atoms with Crippen molar-refractivity contribution in [1.29, 1.82) is 0 Å². The number of nitrogens with zero attached hydrogens (tertiary/aromatic N) is 4. The van der Waals surface area contributed by atoms with Crippen LogP contribution in [0.4, 0.5) is 0 Å². The van der Waals surface area contributed by atoms with Crippen molar-refractivity contribution in [3.63, 3.8) is 0 Å². The molecule has 0 saturated heterocycles. The van der Waals surface area contributed by atoms with Crippen LogP contribution in [0.5, 0.6) is 11.5 Å². The molecule has 0 unspecified atom stereocenters. The van der Waals surface area contributed by atoms with Gasteiger partial charge in [0.1, 0.15) is 5.82 Å². The molecule has 0 atom stereocenters. The maximum atomic E-state index is 11.2. The van der Waals surface area contributed by atoms with Crippen molar-refractivity contribution in [1.82, 2.24) is 14.1 Å². The molecule has 508 valence electrons. The second-order valence-electron chi connectivity index (χ2n) is 29.4. The number of para-hydroxylation sites is 2. The maximum Gasteiger partial charge on any atom is 0.268 e. The van der Waals surface area contributed by atoms with E-state index in [0.717, 1.165) is 44.8 Å². The van der Waals surface area contributed by atoms with Gasteiger partial charge in [-0.05, 0) is 145 Å². The van der Waals surface area contributed by atoms with Crippen LogP contribution in [-0.4, -0.2) is 22.2 Å². The number of pyridine rings is 1. The molecule has 15 rings (SSSR count). The van der Waals surface area contributed by atoms with Gasteiger partial charge in [0.2, 0.25) is 0 Å². The van der Waals surface area contributed by atoms with Crippen molar-refractivity contribution in [3.8, 4) is 73.2 Å². The van der Waals surface area contributed by atoms with Crippen molar-refractivity contribution in [2.45, 2.75) is 112 Å². The van der Waals surface area contributed by atoms with Crippen LogP contribution in [0, 0.1) is 25.3 Å². The Bertz CT molecular complexity index is 6990. The molecule has 0 N–H and O–H groups in total. The van der Waals surface area contributed by atoms with Gasteiger partial charge in [-0.1, -0.05) is 319 Å². The van der Waals surface area contributed by atoms with E-state index < -0.39 is 191 Å². The topological polar surface area (TPSA) is 35.9 Å². The molecule has 0 aliphatic carbocycles. The minimum atomic E-state index is -6.15. The van der Waals surface area contributed by atoms with Gasteiger partial charge >= 0.3 is 0 Å². The first-order valence-electron chi connectivity index (χ1n) is 46.3. The summed E-state index contributed by atoms with van der Waals surface area (Å²) in [6.45, 7) is 22.3. The first kappa shape index (κ1) is 44.2. The average molecular weight is 1550 g/mol. The number of imidazole rings is 1. The minimum absolute atomic E-state index is 0. The van der Waals surface area contributed by atoms with Crippen LogP contribution >= 0.6 is 0 Å². The Morgan fingerprint density at radius 2 is 1.00 bits per heavy atom. The molecule has 3 heterocycles. The van der Waals surface area contributed by atoms with Gasteiger partial charge in [-0.2, -0.15) is 18.2 Å². The van der Waals surface area contributed by atoms with E-state index in [0.29, 0.717) is 44.3 Å². The Morgan fingerprint density at radius 1 is 0.441 bits per heavy atom. The van der Waals surface area contributed by atoms with E-state index in [1.807, 2.05) is 60.7 Å². The summed E-state index contributed by atoms with van der Waals surface area (Å²) in [5.41, 5.74) is 5.73. The minimum Gasteiger partial charge on any atom is -0.510 e. The van der Waals surface area contributed by atoms with Crippen LogP contribution in [-0.2, 0) is 42.7 Å². The fraction of sp³-hybridized carbons (Fsp3) is 0.179. The van der Waals surface area contributed by atoms with Gasteiger partial charge < -0.3 is 13.9 Å². The van der Waals surface area contributed by atoms with Crippen LogP contribution < -0.4 is 30.1 Å². The van der Waals surface area contributed by atoms with Gasteiger partial charge in [0.25, 0.3) is 6.33 Å². The number of fused-ring (bicyclic) bond motifs is 4. The molecule has 0 spiro atoms. The molecule has 0 amide bonds. The molecule has 0 fully saturated rings. The number of aryl methyl sites for hydroxylation is 1. The van der Waals surface area contributed by atoms with E-state index in [-0.39, 0.29) is 77.2 Å². The quantitative estimate of drug-likeness (QED) is 0.0499. The number of rotatable bonds is 13. The molecule has 0 aliphatic rings. The molecular weight excluding hydrogens is 1440 g/mol. The van der Waals surface area contributed by atoms with Crippen molar-refractivity contribution in [2.75, 3.05) is 0 Å². The van der Waals surface area contributed by atoms with E-state index in [2.05, 4.69) is 126 Å². The Balaban J connectivity index is 0.0000133. The molecule has 7 heteroatoms. The summed E-state index contributed by atoms with van der Waals surface area (Å²) in [7, 11) is -6.15. The smallest absolute Gasteiger partial charge is 0.268 e. The van der Waals surface area contributed by atoms with Gasteiger partial charge in [-0.25, -0.2) is 4.98 Å². The average Bonchev–Trinajstić information content (AvgIpc) is 0.777. The van der Waals surface area contributed by atoms with Gasteiger partial charge in [-0.15, -0.1) is 29.7 Å². The van der Waals surface area contributed by atoms with E-state index in [4.69, 9.17) is 24.8 Å². The molecule has 0 bridgehead atoms. The summed E-state index contributed by atoms with van der Waals surface area (Å²) in [4.78, 5) is 4.76. The third kappa shape index (κ3) is 12.9. The Labute approximate surface area is 654 Å². The van der Waals surface area contributed by atoms with Crippen LogP contribution in [0.25, 0.3) is 94.5 Å². The molecule has 5 nitrogen and oxygen atoms in total. The zero-order valence-corrected chi connectivity index (χ0v) is 61.6. The monoisotopic (exact) mass is 1550 g/mol. The standard InChI is InChI=1S/C95H86N4OSi.Pt/c1-64-51-90(96-62-85(64)65-31-18-14-19-32-65)99-86-46-27-26-43-83(86)84-49-48-76(61-88(84)99)100-75-35-29-34-74(60-75)97-63-98(87-50-47-66(57-89(87)97)68-52-70(92(2,3)4)58-71(53-68)93(5,6)7)91-81(44-30-45-82(91)69-54-72(94(8,9)10)59-73(55-69)95(11,12)13)67-33-28-42-80(56-67)101(77-36-20-15-21-37-77,78-38-22-16-23-39-78)79-40-24-17-25-41-79;/h14-59,62H,1-13H3;/q-2;/i1D3,14D,15D,16D,17D,18D,19D,20D,21D,22D,23D,24D,25D,28D,31D,32D,33D,36D,37D,38D,39D,40D,42D,56D;. The Morgan fingerprint density at radius 3 is 1.64 bits per heavy atom. The molecule has 102 heavy (non-hydrogen) atoms. The fourth-order valence-corrected chi connectivity index (χ4v) is 16.7. The summed E-state index contributed by atoms with van der Waals surface area (Å²) in [5.74, 6) is 0.379. The number of hydrogen-bond donors (Lipinski definition) is 0. The molecule has 0 aliphatic heterocycles. The summed E-state index contributed by atoms with van der Waals surface area (Å²) in [6.07, 6.45) is 4.89. The van der Waals surface area contributed by atoms with E-state index in [9.17, 15) is 20.6 Å². The normalized spacial score (nSPS) is 16.0. The molecule has 12 aromatic carbocycles. The first-order chi connectivity index (χ1) is 59.2. The summed E-state index contributed by atoms with van der Waals surface area (Å²) in [5, 5.41) is -1.92. The van der Waals surface area contributed by atoms with Crippen LogP contribution in [0.1, 0.15) is 147 Å². The number of aromatic nitrogens is 4. The molecule has 3 aromatic heterocycles. The molecule has 0 radical (unpaired) electrons. The van der Waals surface area contributed by atoms with E-state index in [1.165, 1.54) is 12.3 Å². The van der Waals surface area contributed by atoms with Crippen molar-refractivity contribution >= 4 is 61.7 Å². The largest absolute Gasteiger partial charge is 0.510 e. The van der Waals surface area contributed by atoms with Crippen LogP contribution in [0.15, 0.2) is 285 Å². The van der Waals surface area contributed by atoms with E-state index >= 15 is 0 Å². The predicted molar refractivity (Wildman–Crippen MR) is 425 cm³/mol. The summed E-state index contributed by atoms with van der Waals surface area (Å²) < 4.78 is 256.